The first-order chi connectivity index (χ1) is 14.3. The second kappa shape index (κ2) is 9.62. The van der Waals surface area contributed by atoms with Gasteiger partial charge in [0.05, 0.1) is 10.5 Å². The molecule has 2 rings (SSSR count). The Morgan fingerprint density at radius 1 is 1.35 bits per heavy atom. The van der Waals surface area contributed by atoms with Crippen LogP contribution in [0, 0.1) is 28.8 Å². The highest BCUT2D eigenvalue weighted by Crippen LogP contribution is 2.26. The molecule has 0 spiro atoms. The van der Waals surface area contributed by atoms with Crippen LogP contribution in [-0.4, -0.2) is 58.0 Å². The Labute approximate surface area is 182 Å². The summed E-state index contributed by atoms with van der Waals surface area (Å²) in [5.41, 5.74) is -1.15. The van der Waals surface area contributed by atoms with Crippen LogP contribution in [-0.2, 0) is 4.74 Å². The third-order valence-corrected chi connectivity index (χ3v) is 5.27. The van der Waals surface area contributed by atoms with E-state index in [4.69, 9.17) is 4.74 Å². The highest BCUT2D eigenvalue weighted by atomic mass is 19.1. The van der Waals surface area contributed by atoms with E-state index in [9.17, 15) is 24.1 Å². The molecule has 0 saturated carbocycles. The summed E-state index contributed by atoms with van der Waals surface area (Å²) in [4.78, 5) is 39.3. The van der Waals surface area contributed by atoms with Crippen molar-refractivity contribution in [3.05, 3.63) is 39.2 Å². The smallest absolute Gasteiger partial charge is 0.410 e. The molecule has 1 aliphatic heterocycles. The van der Waals surface area contributed by atoms with E-state index >= 15 is 0 Å². The molecule has 1 aromatic carbocycles. The van der Waals surface area contributed by atoms with Gasteiger partial charge in [-0.15, -0.1) is 0 Å². The molecule has 2 amide bonds. The molecule has 1 aromatic rings. The van der Waals surface area contributed by atoms with E-state index in [1.807, 2.05) is 34.6 Å². The molecule has 1 atom stereocenters. The van der Waals surface area contributed by atoms with Crippen molar-refractivity contribution in [2.24, 2.45) is 5.92 Å². The van der Waals surface area contributed by atoms with Crippen LogP contribution < -0.4 is 0 Å². The highest BCUT2D eigenvalue weighted by molar-refractivity contribution is 5.95. The van der Waals surface area contributed by atoms with Crippen molar-refractivity contribution < 1.29 is 23.6 Å². The van der Waals surface area contributed by atoms with E-state index in [1.165, 1.54) is 6.92 Å². The summed E-state index contributed by atoms with van der Waals surface area (Å²) < 4.78 is 19.7. The summed E-state index contributed by atoms with van der Waals surface area (Å²) in [6, 6.07) is 2.11. The Kier molecular flexibility index (Phi) is 7.62. The Hall–Kier alpha value is -2.71. The first-order valence-corrected chi connectivity index (χ1v) is 10.5. The first kappa shape index (κ1) is 24.6. The SMILES string of the molecule is Cc1c(F)cc(C(=O)N2CCCC(CN(C(=O)OC(C)(C)C)C(C)C)C2)cc1[N+](=O)[O-]. The second-order valence-corrected chi connectivity index (χ2v) is 9.35. The van der Waals surface area contributed by atoms with Crippen LogP contribution in [0.2, 0.25) is 0 Å². The fourth-order valence-corrected chi connectivity index (χ4v) is 3.65. The standard InChI is InChI=1S/C22H32FN3O5/c1-14(2)25(21(28)31-22(4,5)6)13-16-8-7-9-24(12-16)20(27)17-10-18(23)15(3)19(11-17)26(29)30/h10-11,14,16H,7-9,12-13H2,1-6H3. The maximum absolute atomic E-state index is 14.2. The normalized spacial score (nSPS) is 16.9. The predicted molar refractivity (Wildman–Crippen MR) is 114 cm³/mol. The van der Waals surface area contributed by atoms with Gasteiger partial charge in [-0.3, -0.25) is 14.9 Å². The summed E-state index contributed by atoms with van der Waals surface area (Å²) in [6.45, 7) is 11.8. The lowest BCUT2D eigenvalue weighted by atomic mass is 9.96. The molecule has 0 aromatic heterocycles. The van der Waals surface area contributed by atoms with E-state index in [0.717, 1.165) is 25.0 Å². The topological polar surface area (TPSA) is 93.0 Å². The van der Waals surface area contributed by atoms with Gasteiger partial charge >= 0.3 is 6.09 Å². The Morgan fingerprint density at radius 3 is 2.55 bits per heavy atom. The van der Waals surface area contributed by atoms with Gasteiger partial charge in [-0.2, -0.15) is 0 Å². The summed E-state index contributed by atoms with van der Waals surface area (Å²) in [5.74, 6) is -1.19. The number of nitro groups is 1. The number of benzene rings is 1. The molecule has 1 saturated heterocycles. The van der Waals surface area contributed by atoms with Gasteiger partial charge in [0.1, 0.15) is 11.4 Å². The molecule has 1 unspecified atom stereocenters. The zero-order valence-electron chi connectivity index (χ0n) is 19.1. The summed E-state index contributed by atoms with van der Waals surface area (Å²) in [5, 5.41) is 11.2. The minimum Gasteiger partial charge on any atom is -0.444 e. The predicted octanol–water partition coefficient (Wildman–Crippen LogP) is 4.54. The Bertz CT molecular complexity index is 850. The Balaban J connectivity index is 2.15. The first-order valence-electron chi connectivity index (χ1n) is 10.5. The number of carbonyl (C=O) groups is 2. The van der Waals surface area contributed by atoms with Crippen molar-refractivity contribution in [3.63, 3.8) is 0 Å². The summed E-state index contributed by atoms with van der Waals surface area (Å²) >= 11 is 0. The number of nitro benzene ring substituents is 1. The largest absolute Gasteiger partial charge is 0.444 e. The number of likely N-dealkylation sites (tertiary alicyclic amines) is 1. The van der Waals surface area contributed by atoms with Gasteiger partial charge in [0, 0.05) is 37.3 Å². The van der Waals surface area contributed by atoms with E-state index in [-0.39, 0.29) is 23.1 Å². The summed E-state index contributed by atoms with van der Waals surface area (Å²) in [6.07, 6.45) is 1.16. The van der Waals surface area contributed by atoms with Crippen LogP contribution in [0.25, 0.3) is 0 Å². The molecule has 31 heavy (non-hydrogen) atoms. The van der Waals surface area contributed by atoms with Gasteiger partial charge in [0.15, 0.2) is 0 Å². The van der Waals surface area contributed by atoms with Crippen LogP contribution in [0.5, 0.6) is 0 Å². The van der Waals surface area contributed by atoms with Crippen LogP contribution in [0.15, 0.2) is 12.1 Å². The van der Waals surface area contributed by atoms with Crippen LogP contribution >= 0.6 is 0 Å². The molecule has 9 heteroatoms. The van der Waals surface area contributed by atoms with Gasteiger partial charge in [0.25, 0.3) is 11.6 Å². The number of rotatable bonds is 5. The molecule has 172 valence electrons. The van der Waals surface area contributed by atoms with Gasteiger partial charge < -0.3 is 14.5 Å². The molecule has 0 bridgehead atoms. The zero-order chi connectivity index (χ0) is 23.5. The average molecular weight is 438 g/mol. The number of ether oxygens (including phenoxy) is 1. The van der Waals surface area contributed by atoms with Crippen molar-refractivity contribution in [3.8, 4) is 0 Å². The second-order valence-electron chi connectivity index (χ2n) is 9.35. The van der Waals surface area contributed by atoms with Gasteiger partial charge in [0.2, 0.25) is 0 Å². The van der Waals surface area contributed by atoms with Crippen molar-refractivity contribution >= 4 is 17.7 Å². The third kappa shape index (κ3) is 6.38. The van der Waals surface area contributed by atoms with E-state index < -0.39 is 34.0 Å². The lowest BCUT2D eigenvalue weighted by molar-refractivity contribution is -0.385. The fourth-order valence-electron chi connectivity index (χ4n) is 3.65. The van der Waals surface area contributed by atoms with Crippen molar-refractivity contribution in [2.45, 2.75) is 66.0 Å². The van der Waals surface area contributed by atoms with Crippen molar-refractivity contribution in [1.29, 1.82) is 0 Å². The molecule has 0 N–H and O–H groups in total. The number of piperidine rings is 1. The molecular weight excluding hydrogens is 405 g/mol. The van der Waals surface area contributed by atoms with Crippen LogP contribution in [0.1, 0.15) is 63.4 Å². The lowest BCUT2D eigenvalue weighted by Gasteiger charge is -2.37. The maximum Gasteiger partial charge on any atom is 0.410 e. The molecule has 8 nitrogen and oxygen atoms in total. The minimum absolute atomic E-state index is 0.0258. The molecule has 0 radical (unpaired) electrons. The number of hydrogen-bond donors (Lipinski definition) is 0. The molecular formula is C22H32FN3O5. The lowest BCUT2D eigenvalue weighted by Crippen LogP contribution is -2.48. The number of hydrogen-bond acceptors (Lipinski definition) is 5. The highest BCUT2D eigenvalue weighted by Gasteiger charge is 2.31. The van der Waals surface area contributed by atoms with Crippen LogP contribution in [0.3, 0.4) is 0 Å². The van der Waals surface area contributed by atoms with E-state index in [0.29, 0.717) is 19.6 Å². The van der Waals surface area contributed by atoms with Gasteiger partial charge in [-0.05, 0) is 66.4 Å². The average Bonchev–Trinajstić information content (AvgIpc) is 2.65. The quantitative estimate of drug-likeness (QED) is 0.498. The van der Waals surface area contributed by atoms with E-state index in [1.54, 1.807) is 9.80 Å². The Morgan fingerprint density at radius 2 is 2.00 bits per heavy atom. The van der Waals surface area contributed by atoms with Gasteiger partial charge in [-0.25, -0.2) is 9.18 Å². The number of amides is 2. The number of nitrogens with zero attached hydrogens (tertiary/aromatic N) is 3. The van der Waals surface area contributed by atoms with Gasteiger partial charge in [-0.1, -0.05) is 0 Å². The van der Waals surface area contributed by atoms with Crippen molar-refractivity contribution in [1.82, 2.24) is 9.80 Å². The zero-order valence-corrected chi connectivity index (χ0v) is 19.1. The third-order valence-electron chi connectivity index (χ3n) is 5.27. The maximum atomic E-state index is 14.2. The molecule has 1 fully saturated rings. The summed E-state index contributed by atoms with van der Waals surface area (Å²) in [7, 11) is 0. The molecule has 1 aliphatic rings. The van der Waals surface area contributed by atoms with Crippen LogP contribution in [0.4, 0.5) is 14.9 Å². The number of halogens is 1. The molecule has 1 heterocycles. The molecule has 0 aliphatic carbocycles. The monoisotopic (exact) mass is 437 g/mol. The van der Waals surface area contributed by atoms with E-state index in [2.05, 4.69) is 0 Å². The minimum atomic E-state index is -0.776. The van der Waals surface area contributed by atoms with Crippen molar-refractivity contribution in [2.75, 3.05) is 19.6 Å². The fraction of sp³-hybridized carbons (Fsp3) is 0.636. The number of carbonyl (C=O) groups excluding carboxylic acids is 2.